The molecule has 0 spiro atoms. The van der Waals surface area contributed by atoms with Crippen LogP contribution in [0.2, 0.25) is 10.0 Å². The van der Waals surface area contributed by atoms with Gasteiger partial charge < -0.3 is 10.4 Å². The third kappa shape index (κ3) is 4.60. The molecule has 1 amide bonds. The van der Waals surface area contributed by atoms with E-state index in [9.17, 15) is 9.90 Å². The molecule has 2 N–H and O–H groups in total. The number of aliphatic hydroxyl groups is 1. The van der Waals surface area contributed by atoms with Gasteiger partial charge in [-0.2, -0.15) is 0 Å². The van der Waals surface area contributed by atoms with Crippen LogP contribution < -0.4 is 5.32 Å². The third-order valence-electron chi connectivity index (χ3n) is 4.22. The topological polar surface area (TPSA) is 49.3 Å². The van der Waals surface area contributed by atoms with Crippen molar-refractivity contribution in [3.63, 3.8) is 0 Å². The van der Waals surface area contributed by atoms with E-state index in [1.54, 1.807) is 18.2 Å². The van der Waals surface area contributed by atoms with Crippen LogP contribution in [-0.4, -0.2) is 23.2 Å². The summed E-state index contributed by atoms with van der Waals surface area (Å²) in [6.07, 6.45) is 3.61. The Morgan fingerprint density at radius 1 is 1.33 bits per heavy atom. The predicted molar refractivity (Wildman–Crippen MR) is 85.8 cm³/mol. The minimum Gasteiger partial charge on any atom is -0.388 e. The molecule has 3 nitrogen and oxygen atoms in total. The van der Waals surface area contributed by atoms with Gasteiger partial charge in [0, 0.05) is 16.6 Å². The molecular weight excluding hydrogens is 309 g/mol. The summed E-state index contributed by atoms with van der Waals surface area (Å²) in [4.78, 5) is 12.0. The molecule has 1 aliphatic rings. The zero-order chi connectivity index (χ0) is 15.5. The molecule has 1 aromatic carbocycles. The molecule has 5 heteroatoms. The summed E-state index contributed by atoms with van der Waals surface area (Å²) in [5.41, 5.74) is -0.144. The van der Waals surface area contributed by atoms with Crippen LogP contribution in [0.3, 0.4) is 0 Å². The van der Waals surface area contributed by atoms with Crippen LogP contribution in [0.25, 0.3) is 0 Å². The number of halogens is 2. The monoisotopic (exact) mass is 329 g/mol. The zero-order valence-corrected chi connectivity index (χ0v) is 13.7. The van der Waals surface area contributed by atoms with E-state index in [1.807, 2.05) is 0 Å². The maximum atomic E-state index is 12.0. The SMILES string of the molecule is CC1CCC(O)(CNC(=O)Cc2c(Cl)cccc2Cl)CC1. The normalized spacial score (nSPS) is 25.6. The van der Waals surface area contributed by atoms with Crippen molar-refractivity contribution in [2.45, 2.75) is 44.6 Å². The first-order valence-electron chi connectivity index (χ1n) is 7.31. The first-order valence-corrected chi connectivity index (χ1v) is 8.07. The second-order valence-electron chi connectivity index (χ2n) is 6.06. The van der Waals surface area contributed by atoms with E-state index in [0.717, 1.165) is 25.7 Å². The van der Waals surface area contributed by atoms with E-state index >= 15 is 0 Å². The summed E-state index contributed by atoms with van der Waals surface area (Å²) < 4.78 is 0. The molecule has 1 fully saturated rings. The van der Waals surface area contributed by atoms with Crippen molar-refractivity contribution in [1.82, 2.24) is 5.32 Å². The first-order chi connectivity index (χ1) is 9.89. The van der Waals surface area contributed by atoms with Crippen molar-refractivity contribution < 1.29 is 9.90 Å². The van der Waals surface area contributed by atoms with Crippen molar-refractivity contribution in [3.8, 4) is 0 Å². The molecule has 0 aliphatic heterocycles. The lowest BCUT2D eigenvalue weighted by molar-refractivity contribution is -0.122. The summed E-state index contributed by atoms with van der Waals surface area (Å²) in [6, 6.07) is 5.18. The van der Waals surface area contributed by atoms with Gasteiger partial charge in [-0.05, 0) is 49.3 Å². The minimum atomic E-state index is -0.771. The fraction of sp³-hybridized carbons (Fsp3) is 0.562. The van der Waals surface area contributed by atoms with Gasteiger partial charge in [0.15, 0.2) is 0 Å². The van der Waals surface area contributed by atoms with Gasteiger partial charge in [0.25, 0.3) is 0 Å². The van der Waals surface area contributed by atoms with Crippen LogP contribution in [0.1, 0.15) is 38.2 Å². The predicted octanol–water partition coefficient (Wildman–Crippen LogP) is 3.59. The molecule has 0 heterocycles. The van der Waals surface area contributed by atoms with Crippen LogP contribution in [0.15, 0.2) is 18.2 Å². The molecule has 1 aliphatic carbocycles. The van der Waals surface area contributed by atoms with Gasteiger partial charge >= 0.3 is 0 Å². The van der Waals surface area contributed by atoms with Gasteiger partial charge in [-0.25, -0.2) is 0 Å². The zero-order valence-electron chi connectivity index (χ0n) is 12.2. The molecule has 0 unspecified atom stereocenters. The molecule has 116 valence electrons. The number of amides is 1. The average molecular weight is 330 g/mol. The third-order valence-corrected chi connectivity index (χ3v) is 4.93. The van der Waals surface area contributed by atoms with E-state index in [2.05, 4.69) is 12.2 Å². The lowest BCUT2D eigenvalue weighted by Crippen LogP contribution is -2.45. The van der Waals surface area contributed by atoms with Gasteiger partial charge in [0.1, 0.15) is 0 Å². The number of benzene rings is 1. The second kappa shape index (κ2) is 6.99. The Bertz CT molecular complexity index is 491. The molecule has 0 saturated heterocycles. The summed E-state index contributed by atoms with van der Waals surface area (Å²) in [7, 11) is 0. The fourth-order valence-corrected chi connectivity index (χ4v) is 3.19. The van der Waals surface area contributed by atoms with Gasteiger partial charge in [0.2, 0.25) is 5.91 Å². The molecule has 0 aromatic heterocycles. The van der Waals surface area contributed by atoms with Crippen molar-refractivity contribution in [1.29, 1.82) is 0 Å². The van der Waals surface area contributed by atoms with Crippen LogP contribution in [0, 0.1) is 5.92 Å². The first kappa shape index (κ1) is 16.6. The maximum Gasteiger partial charge on any atom is 0.224 e. The van der Waals surface area contributed by atoms with E-state index in [0.29, 0.717) is 28.1 Å². The Morgan fingerprint density at radius 3 is 2.48 bits per heavy atom. The summed E-state index contributed by atoms with van der Waals surface area (Å²) in [5, 5.41) is 14.2. The Balaban J connectivity index is 1.88. The highest BCUT2D eigenvalue weighted by Crippen LogP contribution is 2.31. The average Bonchev–Trinajstić information content (AvgIpc) is 2.45. The number of carbonyl (C=O) groups is 1. The molecule has 0 atom stereocenters. The quantitative estimate of drug-likeness (QED) is 0.886. The lowest BCUT2D eigenvalue weighted by atomic mass is 9.79. The van der Waals surface area contributed by atoms with Crippen molar-refractivity contribution in [3.05, 3.63) is 33.8 Å². The highest BCUT2D eigenvalue weighted by molar-refractivity contribution is 6.36. The van der Waals surface area contributed by atoms with E-state index in [4.69, 9.17) is 23.2 Å². The molecule has 0 radical (unpaired) electrons. The number of carbonyl (C=O) groups excluding carboxylic acids is 1. The van der Waals surface area contributed by atoms with E-state index < -0.39 is 5.60 Å². The van der Waals surface area contributed by atoms with Crippen molar-refractivity contribution in [2.75, 3.05) is 6.54 Å². The van der Waals surface area contributed by atoms with Gasteiger partial charge in [-0.15, -0.1) is 0 Å². The molecule has 21 heavy (non-hydrogen) atoms. The fourth-order valence-electron chi connectivity index (χ4n) is 2.66. The lowest BCUT2D eigenvalue weighted by Gasteiger charge is -2.35. The molecule has 1 aromatic rings. The van der Waals surface area contributed by atoms with Crippen LogP contribution in [-0.2, 0) is 11.2 Å². The standard InChI is InChI=1S/C16H21Cl2NO2/c1-11-5-7-16(21,8-6-11)10-19-15(20)9-12-13(17)3-2-4-14(12)18/h2-4,11,21H,5-10H2,1H3,(H,19,20). The van der Waals surface area contributed by atoms with Crippen molar-refractivity contribution >= 4 is 29.1 Å². The Kier molecular flexibility index (Phi) is 5.53. The Hall–Kier alpha value is -0.770. The van der Waals surface area contributed by atoms with Crippen LogP contribution in [0.5, 0.6) is 0 Å². The second-order valence-corrected chi connectivity index (χ2v) is 6.87. The number of rotatable bonds is 4. The number of hydrogen-bond acceptors (Lipinski definition) is 2. The van der Waals surface area contributed by atoms with Crippen molar-refractivity contribution in [2.24, 2.45) is 5.92 Å². The van der Waals surface area contributed by atoms with Crippen LogP contribution >= 0.6 is 23.2 Å². The molecular formula is C16H21Cl2NO2. The highest BCUT2D eigenvalue weighted by Gasteiger charge is 2.32. The molecule has 1 saturated carbocycles. The van der Waals surface area contributed by atoms with E-state index in [1.165, 1.54) is 0 Å². The number of hydrogen-bond donors (Lipinski definition) is 2. The van der Waals surface area contributed by atoms with Gasteiger partial charge in [-0.1, -0.05) is 36.2 Å². The Labute approximate surface area is 135 Å². The van der Waals surface area contributed by atoms with Gasteiger partial charge in [-0.3, -0.25) is 4.79 Å². The summed E-state index contributed by atoms with van der Waals surface area (Å²) in [5.74, 6) is 0.486. The summed E-state index contributed by atoms with van der Waals surface area (Å²) in [6.45, 7) is 2.48. The molecule has 2 rings (SSSR count). The number of nitrogens with one attached hydrogen (secondary N) is 1. The minimum absolute atomic E-state index is 0.130. The molecule has 0 bridgehead atoms. The van der Waals surface area contributed by atoms with E-state index in [-0.39, 0.29) is 12.3 Å². The van der Waals surface area contributed by atoms with Crippen LogP contribution in [0.4, 0.5) is 0 Å². The smallest absolute Gasteiger partial charge is 0.224 e. The maximum absolute atomic E-state index is 12.0. The summed E-state index contributed by atoms with van der Waals surface area (Å²) >= 11 is 12.1. The largest absolute Gasteiger partial charge is 0.388 e. The van der Waals surface area contributed by atoms with Gasteiger partial charge in [0.05, 0.1) is 12.0 Å². The Morgan fingerprint density at radius 2 is 1.90 bits per heavy atom. The highest BCUT2D eigenvalue weighted by atomic mass is 35.5.